The summed E-state index contributed by atoms with van der Waals surface area (Å²) in [6.07, 6.45) is 3.29. The number of benzene rings is 1. The summed E-state index contributed by atoms with van der Waals surface area (Å²) < 4.78 is 0. The van der Waals surface area contributed by atoms with E-state index in [2.05, 4.69) is 15.1 Å². The van der Waals surface area contributed by atoms with Crippen molar-refractivity contribution in [2.45, 2.75) is 18.8 Å². The fourth-order valence-electron chi connectivity index (χ4n) is 2.65. The van der Waals surface area contributed by atoms with Gasteiger partial charge in [-0.2, -0.15) is 0 Å². The molecule has 1 unspecified atom stereocenters. The molecule has 0 aliphatic heterocycles. The Bertz CT molecular complexity index is 685. The van der Waals surface area contributed by atoms with Crippen LogP contribution < -0.4 is 5.73 Å². The van der Waals surface area contributed by atoms with Crippen molar-refractivity contribution in [3.05, 3.63) is 52.3 Å². The van der Waals surface area contributed by atoms with Gasteiger partial charge in [0.15, 0.2) is 0 Å². The van der Waals surface area contributed by atoms with E-state index in [1.54, 1.807) is 6.20 Å². The van der Waals surface area contributed by atoms with E-state index in [1.165, 1.54) is 12.7 Å². The zero-order valence-corrected chi connectivity index (χ0v) is 12.3. The van der Waals surface area contributed by atoms with Crippen molar-refractivity contribution >= 4 is 23.3 Å². The van der Waals surface area contributed by atoms with Crippen LogP contribution in [0.15, 0.2) is 35.6 Å². The van der Waals surface area contributed by atoms with Gasteiger partial charge in [-0.25, -0.2) is 9.97 Å². The fraction of sp³-hybridized carbons (Fsp3) is 0.267. The third kappa shape index (κ3) is 2.83. The van der Waals surface area contributed by atoms with Crippen molar-refractivity contribution < 1.29 is 4.84 Å². The molecule has 0 radical (unpaired) electrons. The van der Waals surface area contributed by atoms with E-state index in [0.29, 0.717) is 0 Å². The van der Waals surface area contributed by atoms with Crippen LogP contribution >= 0.6 is 11.6 Å². The van der Waals surface area contributed by atoms with Crippen molar-refractivity contribution in [2.24, 2.45) is 5.16 Å². The Morgan fingerprint density at radius 3 is 2.76 bits per heavy atom. The molecule has 2 aromatic rings. The third-order valence-corrected chi connectivity index (χ3v) is 3.87. The van der Waals surface area contributed by atoms with E-state index in [0.717, 1.165) is 34.8 Å². The van der Waals surface area contributed by atoms with Gasteiger partial charge in [0.2, 0.25) is 5.95 Å². The van der Waals surface area contributed by atoms with E-state index >= 15 is 0 Å². The molecule has 1 aliphatic rings. The van der Waals surface area contributed by atoms with Gasteiger partial charge in [0.05, 0.1) is 11.4 Å². The molecule has 1 atom stereocenters. The van der Waals surface area contributed by atoms with Gasteiger partial charge in [-0.3, -0.25) is 0 Å². The standard InChI is InChI=1S/C15H15ClN4O/c1-21-20-14-7-10(9-2-4-11(16)5-3-9)6-13-12(14)8-18-15(17)19-13/h2-5,8,10H,6-7H2,1H3,(H2,17,18,19). The SMILES string of the molecule is CON=C1CC(c2ccc(Cl)cc2)Cc2nc(N)ncc21. The first kappa shape index (κ1) is 13.8. The molecule has 0 fully saturated rings. The molecule has 21 heavy (non-hydrogen) atoms. The Hall–Kier alpha value is -2.14. The van der Waals surface area contributed by atoms with Crippen molar-refractivity contribution in [1.82, 2.24) is 9.97 Å². The number of nitrogen functional groups attached to an aromatic ring is 1. The molecule has 108 valence electrons. The molecule has 5 nitrogen and oxygen atoms in total. The zero-order chi connectivity index (χ0) is 14.8. The van der Waals surface area contributed by atoms with Gasteiger partial charge in [0.25, 0.3) is 0 Å². The molecule has 6 heteroatoms. The number of rotatable bonds is 2. The number of halogens is 1. The van der Waals surface area contributed by atoms with Crippen LogP contribution in [0.25, 0.3) is 0 Å². The first-order chi connectivity index (χ1) is 10.2. The zero-order valence-electron chi connectivity index (χ0n) is 11.6. The van der Waals surface area contributed by atoms with Crippen LogP contribution in [0.3, 0.4) is 0 Å². The number of oxime groups is 1. The lowest BCUT2D eigenvalue weighted by Gasteiger charge is -2.25. The minimum atomic E-state index is 0.276. The molecule has 2 N–H and O–H groups in total. The van der Waals surface area contributed by atoms with Crippen molar-refractivity contribution in [1.29, 1.82) is 0 Å². The lowest BCUT2D eigenvalue weighted by molar-refractivity contribution is 0.212. The van der Waals surface area contributed by atoms with Crippen LogP contribution in [-0.2, 0) is 11.3 Å². The Balaban J connectivity index is 2.00. The van der Waals surface area contributed by atoms with Crippen molar-refractivity contribution in [2.75, 3.05) is 12.8 Å². The number of hydrogen-bond donors (Lipinski definition) is 1. The van der Waals surface area contributed by atoms with Crippen LogP contribution in [0.2, 0.25) is 5.02 Å². The first-order valence-corrected chi connectivity index (χ1v) is 7.02. The summed E-state index contributed by atoms with van der Waals surface area (Å²) in [5, 5.41) is 4.85. The Labute approximate surface area is 127 Å². The van der Waals surface area contributed by atoms with E-state index in [9.17, 15) is 0 Å². The van der Waals surface area contributed by atoms with E-state index in [1.807, 2.05) is 24.3 Å². The van der Waals surface area contributed by atoms with Crippen LogP contribution in [0, 0.1) is 0 Å². The average Bonchev–Trinajstić information content (AvgIpc) is 2.47. The lowest BCUT2D eigenvalue weighted by atomic mass is 9.82. The van der Waals surface area contributed by atoms with Gasteiger partial charge in [-0.05, 0) is 30.0 Å². The molecular weight excluding hydrogens is 288 g/mol. The van der Waals surface area contributed by atoms with Crippen LogP contribution in [0.4, 0.5) is 5.95 Å². The molecule has 1 aromatic heterocycles. The maximum absolute atomic E-state index is 5.95. The van der Waals surface area contributed by atoms with Crippen molar-refractivity contribution in [3.8, 4) is 0 Å². The summed E-state index contributed by atoms with van der Waals surface area (Å²) in [6, 6.07) is 7.86. The highest BCUT2D eigenvalue weighted by molar-refractivity contribution is 6.30. The van der Waals surface area contributed by atoms with E-state index in [4.69, 9.17) is 22.2 Å². The number of aromatic nitrogens is 2. The molecule has 1 heterocycles. The molecule has 0 bridgehead atoms. The van der Waals surface area contributed by atoms with Crippen LogP contribution in [0.5, 0.6) is 0 Å². The summed E-state index contributed by atoms with van der Waals surface area (Å²) in [4.78, 5) is 13.3. The number of anilines is 1. The number of hydrogen-bond acceptors (Lipinski definition) is 5. The van der Waals surface area contributed by atoms with Gasteiger partial charge in [-0.15, -0.1) is 0 Å². The normalized spacial score (nSPS) is 19.3. The monoisotopic (exact) mass is 302 g/mol. The van der Waals surface area contributed by atoms with Crippen molar-refractivity contribution in [3.63, 3.8) is 0 Å². The van der Waals surface area contributed by atoms with E-state index in [-0.39, 0.29) is 11.9 Å². The van der Waals surface area contributed by atoms with Crippen LogP contribution in [-0.4, -0.2) is 22.8 Å². The minimum absolute atomic E-state index is 0.276. The average molecular weight is 303 g/mol. The second-order valence-electron chi connectivity index (χ2n) is 4.97. The summed E-state index contributed by atoms with van der Waals surface area (Å²) >= 11 is 5.95. The Morgan fingerprint density at radius 2 is 2.05 bits per heavy atom. The minimum Gasteiger partial charge on any atom is -0.399 e. The quantitative estimate of drug-likeness (QED) is 0.866. The number of nitrogens with zero attached hydrogens (tertiary/aromatic N) is 3. The lowest BCUT2D eigenvalue weighted by Crippen LogP contribution is -2.22. The molecule has 1 aromatic carbocycles. The van der Waals surface area contributed by atoms with Crippen LogP contribution in [0.1, 0.15) is 29.2 Å². The predicted octanol–water partition coefficient (Wildman–Crippen LogP) is 2.79. The maximum atomic E-state index is 5.95. The second-order valence-corrected chi connectivity index (χ2v) is 5.40. The fourth-order valence-corrected chi connectivity index (χ4v) is 2.77. The predicted molar refractivity (Wildman–Crippen MR) is 82.5 cm³/mol. The van der Waals surface area contributed by atoms with Gasteiger partial charge in [-0.1, -0.05) is 28.9 Å². The number of fused-ring (bicyclic) bond motifs is 1. The highest BCUT2D eigenvalue weighted by atomic mass is 35.5. The molecule has 0 spiro atoms. The molecule has 0 saturated carbocycles. The summed E-state index contributed by atoms with van der Waals surface area (Å²) in [7, 11) is 1.54. The largest absolute Gasteiger partial charge is 0.399 e. The van der Waals surface area contributed by atoms with Gasteiger partial charge in [0.1, 0.15) is 7.11 Å². The molecule has 0 saturated heterocycles. The number of nitrogens with two attached hydrogens (primary N) is 1. The smallest absolute Gasteiger partial charge is 0.220 e. The molecule has 1 aliphatic carbocycles. The Morgan fingerprint density at radius 1 is 1.29 bits per heavy atom. The second kappa shape index (κ2) is 5.69. The third-order valence-electron chi connectivity index (χ3n) is 3.62. The van der Waals surface area contributed by atoms with Gasteiger partial charge >= 0.3 is 0 Å². The molecule has 3 rings (SSSR count). The molecule has 0 amide bonds. The summed E-state index contributed by atoms with van der Waals surface area (Å²) in [5.74, 6) is 0.556. The summed E-state index contributed by atoms with van der Waals surface area (Å²) in [6.45, 7) is 0. The topological polar surface area (TPSA) is 73.4 Å². The highest BCUT2D eigenvalue weighted by Crippen LogP contribution is 2.32. The maximum Gasteiger partial charge on any atom is 0.220 e. The molecular formula is C15H15ClN4O. The Kier molecular flexibility index (Phi) is 3.75. The first-order valence-electron chi connectivity index (χ1n) is 6.64. The van der Waals surface area contributed by atoms with E-state index < -0.39 is 0 Å². The summed E-state index contributed by atoms with van der Waals surface area (Å²) in [5.41, 5.74) is 9.56. The van der Waals surface area contributed by atoms with Gasteiger partial charge in [0, 0.05) is 23.2 Å². The van der Waals surface area contributed by atoms with Gasteiger partial charge < -0.3 is 10.6 Å². The highest BCUT2D eigenvalue weighted by Gasteiger charge is 2.27.